The lowest BCUT2D eigenvalue weighted by Gasteiger charge is -2.21. The van der Waals surface area contributed by atoms with Crippen LogP contribution in [0.15, 0.2) is 72.8 Å². The Bertz CT molecular complexity index is 780. The van der Waals surface area contributed by atoms with Gasteiger partial charge in [0.2, 0.25) is 10.5 Å². The van der Waals surface area contributed by atoms with Crippen LogP contribution in [0, 0.1) is 0 Å². The van der Waals surface area contributed by atoms with Gasteiger partial charge in [-0.15, -0.1) is 0 Å². The largest absolute Gasteiger partial charge is 0.553 e. The summed E-state index contributed by atoms with van der Waals surface area (Å²) >= 11 is 0. The zero-order valence-electron chi connectivity index (χ0n) is 13.9. The fourth-order valence-corrected chi connectivity index (χ4v) is 3.48. The summed E-state index contributed by atoms with van der Waals surface area (Å²) in [6.45, 7) is 4.47. The fraction of sp³-hybridized carbons (Fsp3) is 0.143. The van der Waals surface area contributed by atoms with Gasteiger partial charge in [-0.1, -0.05) is 80.6 Å². The normalized spacial score (nSPS) is 10.9. The van der Waals surface area contributed by atoms with Crippen molar-refractivity contribution in [2.24, 2.45) is 0 Å². The van der Waals surface area contributed by atoms with Gasteiger partial charge >= 0.3 is 0 Å². The van der Waals surface area contributed by atoms with Crippen molar-refractivity contribution in [3.63, 3.8) is 0 Å². The summed E-state index contributed by atoms with van der Waals surface area (Å²) in [5.74, 6) is 1.42. The van der Waals surface area contributed by atoms with Crippen LogP contribution in [0.5, 0.6) is 5.75 Å². The minimum Gasteiger partial charge on any atom is -0.553 e. The van der Waals surface area contributed by atoms with Gasteiger partial charge in [0.05, 0.1) is 0 Å². The maximum Gasteiger partial charge on any atom is 0.204 e. The Kier molecular flexibility index (Phi) is 4.63. The molecule has 0 saturated heterocycles. The highest BCUT2D eigenvalue weighted by molar-refractivity contribution is 6.00. The number of hydrogen-bond acceptors (Lipinski definition) is 1. The zero-order valence-corrected chi connectivity index (χ0v) is 15.9. The summed E-state index contributed by atoms with van der Waals surface area (Å²) in [5.41, 5.74) is 6.35. The SMILES string of the molecule is CC(C)c1c(O[SiH3])ccc(-c2ccccc2)c1-c1ccccc1. The fourth-order valence-electron chi connectivity index (χ4n) is 3.13. The van der Waals surface area contributed by atoms with Crippen molar-refractivity contribution in [2.45, 2.75) is 19.8 Å². The predicted octanol–water partition coefficient (Wildman–Crippen LogP) is 4.80. The second-order valence-electron chi connectivity index (χ2n) is 5.99. The molecule has 0 heterocycles. The van der Waals surface area contributed by atoms with Crippen LogP contribution < -0.4 is 4.43 Å². The van der Waals surface area contributed by atoms with Gasteiger partial charge in [0.25, 0.3) is 0 Å². The Morgan fingerprint density at radius 2 is 1.30 bits per heavy atom. The summed E-state index contributed by atoms with van der Waals surface area (Å²) in [7, 11) is 0.699. The molecule has 0 aliphatic rings. The first-order chi connectivity index (χ1) is 11.2. The van der Waals surface area contributed by atoms with Crippen molar-refractivity contribution >= 4 is 10.5 Å². The highest BCUT2D eigenvalue weighted by atomic mass is 28.2. The van der Waals surface area contributed by atoms with Crippen LogP contribution in [0.2, 0.25) is 0 Å². The molecule has 0 spiro atoms. The molecular weight excluding hydrogens is 296 g/mol. The van der Waals surface area contributed by atoms with Crippen LogP contribution >= 0.6 is 0 Å². The highest BCUT2D eigenvalue weighted by Crippen LogP contribution is 2.42. The molecule has 0 N–H and O–H groups in total. The van der Waals surface area contributed by atoms with E-state index >= 15 is 0 Å². The predicted molar refractivity (Wildman–Crippen MR) is 102 cm³/mol. The summed E-state index contributed by atoms with van der Waals surface area (Å²) in [6.07, 6.45) is 0. The molecule has 1 nitrogen and oxygen atoms in total. The lowest BCUT2D eigenvalue weighted by Crippen LogP contribution is -2.00. The summed E-state index contributed by atoms with van der Waals surface area (Å²) in [6, 6.07) is 25.5. The van der Waals surface area contributed by atoms with E-state index in [4.69, 9.17) is 4.43 Å². The summed E-state index contributed by atoms with van der Waals surface area (Å²) < 4.78 is 5.80. The lowest BCUT2D eigenvalue weighted by molar-refractivity contribution is 0.598. The maximum absolute atomic E-state index is 5.80. The Morgan fingerprint density at radius 1 is 0.739 bits per heavy atom. The molecule has 3 aromatic carbocycles. The van der Waals surface area contributed by atoms with E-state index in [0.29, 0.717) is 16.4 Å². The molecule has 0 bridgehead atoms. The minimum absolute atomic E-state index is 0.401. The monoisotopic (exact) mass is 318 g/mol. The third-order valence-electron chi connectivity index (χ3n) is 4.15. The smallest absolute Gasteiger partial charge is 0.204 e. The number of hydrogen-bond donors (Lipinski definition) is 0. The van der Waals surface area contributed by atoms with Crippen molar-refractivity contribution in [1.82, 2.24) is 0 Å². The van der Waals surface area contributed by atoms with Gasteiger partial charge < -0.3 is 4.43 Å². The van der Waals surface area contributed by atoms with Crippen molar-refractivity contribution in [3.05, 3.63) is 78.4 Å². The molecule has 0 saturated carbocycles. The molecule has 0 aliphatic heterocycles. The van der Waals surface area contributed by atoms with E-state index in [1.54, 1.807) is 0 Å². The number of rotatable bonds is 4. The van der Waals surface area contributed by atoms with Crippen LogP contribution in [-0.2, 0) is 0 Å². The molecule has 0 amide bonds. The van der Waals surface area contributed by atoms with Gasteiger partial charge in [-0.3, -0.25) is 0 Å². The lowest BCUT2D eigenvalue weighted by atomic mass is 9.85. The quantitative estimate of drug-likeness (QED) is 0.628. The van der Waals surface area contributed by atoms with E-state index in [2.05, 4.69) is 86.6 Å². The minimum atomic E-state index is 0.401. The molecule has 0 fully saturated rings. The molecule has 3 aromatic rings. The third-order valence-corrected chi connectivity index (χ3v) is 4.59. The average molecular weight is 318 g/mol. The van der Waals surface area contributed by atoms with Crippen LogP contribution in [0.1, 0.15) is 25.3 Å². The molecule has 23 heavy (non-hydrogen) atoms. The zero-order chi connectivity index (χ0) is 16.2. The second kappa shape index (κ2) is 6.84. The standard InChI is InChI=1S/C21H22OSi/c1-15(2)20-19(22-23)14-13-18(16-9-5-3-6-10-16)21(20)17-11-7-4-8-12-17/h3-15H,1-2,23H3. The first kappa shape index (κ1) is 15.6. The molecule has 0 unspecified atom stereocenters. The van der Waals surface area contributed by atoms with Crippen molar-refractivity contribution in [3.8, 4) is 28.0 Å². The van der Waals surface area contributed by atoms with E-state index in [0.717, 1.165) is 5.75 Å². The van der Waals surface area contributed by atoms with Crippen LogP contribution in [0.3, 0.4) is 0 Å². The van der Waals surface area contributed by atoms with Gasteiger partial charge in [-0.05, 0) is 34.2 Å². The topological polar surface area (TPSA) is 9.23 Å². The van der Waals surface area contributed by atoms with E-state index in [1.807, 2.05) is 0 Å². The Balaban J connectivity index is 2.35. The molecule has 0 atom stereocenters. The molecule has 0 radical (unpaired) electrons. The van der Waals surface area contributed by atoms with Gasteiger partial charge in [0.15, 0.2) is 0 Å². The summed E-state index contributed by atoms with van der Waals surface area (Å²) in [4.78, 5) is 0. The average Bonchev–Trinajstić information content (AvgIpc) is 2.61. The van der Waals surface area contributed by atoms with Crippen LogP contribution in [0.25, 0.3) is 22.3 Å². The Hall–Kier alpha value is -2.32. The van der Waals surface area contributed by atoms with E-state index in [1.165, 1.54) is 27.8 Å². The van der Waals surface area contributed by atoms with E-state index in [9.17, 15) is 0 Å². The van der Waals surface area contributed by atoms with Crippen molar-refractivity contribution in [2.75, 3.05) is 0 Å². The second-order valence-corrected chi connectivity index (χ2v) is 6.40. The molecular formula is C21H22OSi. The first-order valence-corrected chi connectivity index (χ1v) is 8.85. The maximum atomic E-state index is 5.80. The highest BCUT2D eigenvalue weighted by Gasteiger charge is 2.18. The van der Waals surface area contributed by atoms with Gasteiger partial charge in [-0.25, -0.2) is 0 Å². The summed E-state index contributed by atoms with van der Waals surface area (Å²) in [5, 5.41) is 0. The van der Waals surface area contributed by atoms with Gasteiger partial charge in [0.1, 0.15) is 5.75 Å². The van der Waals surface area contributed by atoms with Gasteiger partial charge in [-0.2, -0.15) is 0 Å². The van der Waals surface area contributed by atoms with Crippen LogP contribution in [-0.4, -0.2) is 10.5 Å². The molecule has 0 aromatic heterocycles. The molecule has 116 valence electrons. The third kappa shape index (κ3) is 3.08. The molecule has 2 heteroatoms. The van der Waals surface area contributed by atoms with E-state index in [-0.39, 0.29) is 0 Å². The first-order valence-electron chi connectivity index (χ1n) is 8.04. The Morgan fingerprint density at radius 3 is 1.83 bits per heavy atom. The van der Waals surface area contributed by atoms with Crippen molar-refractivity contribution in [1.29, 1.82) is 0 Å². The Labute approximate surface area is 141 Å². The number of benzene rings is 3. The van der Waals surface area contributed by atoms with Crippen molar-refractivity contribution < 1.29 is 4.43 Å². The molecule has 3 rings (SSSR count). The van der Waals surface area contributed by atoms with E-state index < -0.39 is 0 Å². The van der Waals surface area contributed by atoms with Crippen LogP contribution in [0.4, 0.5) is 0 Å². The van der Waals surface area contributed by atoms with Gasteiger partial charge in [0, 0.05) is 5.56 Å². The molecule has 0 aliphatic carbocycles.